The lowest BCUT2D eigenvalue weighted by molar-refractivity contribution is -0.115. The summed E-state index contributed by atoms with van der Waals surface area (Å²) in [6.07, 6.45) is 2.83. The second kappa shape index (κ2) is 7.04. The number of nitrogens with one attached hydrogen (secondary N) is 2. The summed E-state index contributed by atoms with van der Waals surface area (Å²) in [5, 5.41) is 4.69. The van der Waals surface area contributed by atoms with E-state index >= 15 is 0 Å². The molecule has 26 heavy (non-hydrogen) atoms. The first-order valence-electron chi connectivity index (χ1n) is 9.02. The maximum absolute atomic E-state index is 12.5. The lowest BCUT2D eigenvalue weighted by Gasteiger charge is -2.17. The van der Waals surface area contributed by atoms with E-state index in [2.05, 4.69) is 27.3 Å². The molecule has 5 heteroatoms. The SMILES string of the molecule is Cc1[nH]c2ccc(Cl)cc2c1CC(=O)Nc1ccc(N2CCCC2)cc1. The molecule has 1 saturated heterocycles. The van der Waals surface area contributed by atoms with Gasteiger partial charge in [0, 0.05) is 46.1 Å². The highest BCUT2D eigenvalue weighted by Gasteiger charge is 2.14. The standard InChI is InChI=1S/C21H22ClN3O/c1-14-18(19-12-15(22)4-9-20(19)23-14)13-21(26)24-16-5-7-17(8-6-16)25-10-2-3-11-25/h4-9,12,23H,2-3,10-11,13H2,1H3,(H,24,26). The molecule has 1 amide bonds. The fourth-order valence-corrected chi connectivity index (χ4v) is 3.85. The molecular weight excluding hydrogens is 346 g/mol. The second-order valence-electron chi connectivity index (χ2n) is 6.88. The van der Waals surface area contributed by atoms with Crippen LogP contribution in [0.5, 0.6) is 0 Å². The maximum atomic E-state index is 12.5. The summed E-state index contributed by atoms with van der Waals surface area (Å²) >= 11 is 6.12. The number of nitrogens with zero attached hydrogens (tertiary/aromatic N) is 1. The molecule has 2 heterocycles. The molecule has 2 aromatic carbocycles. The van der Waals surface area contributed by atoms with Crippen LogP contribution in [0.25, 0.3) is 10.9 Å². The van der Waals surface area contributed by atoms with Gasteiger partial charge in [0.2, 0.25) is 5.91 Å². The Balaban J connectivity index is 1.47. The van der Waals surface area contributed by atoms with Crippen LogP contribution in [0.15, 0.2) is 42.5 Å². The Morgan fingerprint density at radius 1 is 1.15 bits per heavy atom. The molecule has 0 radical (unpaired) electrons. The summed E-state index contributed by atoms with van der Waals surface area (Å²) in [7, 11) is 0. The Kier molecular flexibility index (Phi) is 4.60. The van der Waals surface area contributed by atoms with Crippen molar-refractivity contribution in [2.75, 3.05) is 23.3 Å². The van der Waals surface area contributed by atoms with Crippen molar-refractivity contribution in [3.8, 4) is 0 Å². The van der Waals surface area contributed by atoms with Gasteiger partial charge in [-0.05, 0) is 67.8 Å². The summed E-state index contributed by atoms with van der Waals surface area (Å²) in [6.45, 7) is 4.23. The molecule has 134 valence electrons. The molecular formula is C21H22ClN3O. The zero-order chi connectivity index (χ0) is 18.1. The number of anilines is 2. The molecule has 2 N–H and O–H groups in total. The highest BCUT2D eigenvalue weighted by Crippen LogP contribution is 2.26. The van der Waals surface area contributed by atoms with Gasteiger partial charge in [0.1, 0.15) is 0 Å². The number of H-pyrrole nitrogens is 1. The molecule has 1 fully saturated rings. The third-order valence-corrected chi connectivity index (χ3v) is 5.28. The number of fused-ring (bicyclic) bond motifs is 1. The van der Waals surface area contributed by atoms with Gasteiger partial charge in [-0.25, -0.2) is 0 Å². The molecule has 0 aliphatic carbocycles. The van der Waals surface area contributed by atoms with Crippen molar-refractivity contribution in [1.29, 1.82) is 0 Å². The quantitative estimate of drug-likeness (QED) is 0.688. The van der Waals surface area contributed by atoms with Crippen molar-refractivity contribution < 1.29 is 4.79 Å². The third-order valence-electron chi connectivity index (χ3n) is 5.04. The number of rotatable bonds is 4. The van der Waals surface area contributed by atoms with E-state index in [1.807, 2.05) is 37.3 Å². The monoisotopic (exact) mass is 367 g/mol. The molecule has 4 nitrogen and oxygen atoms in total. The number of aryl methyl sites for hydroxylation is 1. The first-order chi connectivity index (χ1) is 12.6. The minimum Gasteiger partial charge on any atom is -0.372 e. The molecule has 1 aromatic heterocycles. The predicted octanol–water partition coefficient (Wildman–Crippen LogP) is 4.91. The van der Waals surface area contributed by atoms with Gasteiger partial charge in [-0.1, -0.05) is 11.6 Å². The fourth-order valence-electron chi connectivity index (χ4n) is 3.68. The van der Waals surface area contributed by atoms with Crippen molar-refractivity contribution in [1.82, 2.24) is 4.98 Å². The summed E-state index contributed by atoms with van der Waals surface area (Å²) in [5.41, 5.74) is 5.05. The minimum absolute atomic E-state index is 0.0251. The van der Waals surface area contributed by atoms with Gasteiger partial charge >= 0.3 is 0 Å². The molecule has 1 aliphatic heterocycles. The van der Waals surface area contributed by atoms with Gasteiger partial charge in [-0.15, -0.1) is 0 Å². The van der Waals surface area contributed by atoms with Gasteiger partial charge in [-0.2, -0.15) is 0 Å². The van der Waals surface area contributed by atoms with Crippen LogP contribution in [0.1, 0.15) is 24.1 Å². The van der Waals surface area contributed by atoms with Crippen LogP contribution >= 0.6 is 11.6 Å². The summed E-state index contributed by atoms with van der Waals surface area (Å²) < 4.78 is 0. The zero-order valence-electron chi connectivity index (χ0n) is 14.8. The van der Waals surface area contributed by atoms with Crippen LogP contribution in [0, 0.1) is 6.92 Å². The number of aromatic amines is 1. The number of hydrogen-bond donors (Lipinski definition) is 2. The van der Waals surface area contributed by atoms with Gasteiger partial charge in [0.25, 0.3) is 0 Å². The van der Waals surface area contributed by atoms with E-state index in [-0.39, 0.29) is 5.91 Å². The van der Waals surface area contributed by atoms with Crippen molar-refractivity contribution in [3.05, 3.63) is 58.7 Å². The van der Waals surface area contributed by atoms with Crippen LogP contribution in [0.2, 0.25) is 5.02 Å². The molecule has 3 aromatic rings. The Morgan fingerprint density at radius 3 is 2.62 bits per heavy atom. The lowest BCUT2D eigenvalue weighted by atomic mass is 10.1. The largest absolute Gasteiger partial charge is 0.372 e. The first-order valence-corrected chi connectivity index (χ1v) is 9.39. The third kappa shape index (κ3) is 3.42. The van der Waals surface area contributed by atoms with Gasteiger partial charge < -0.3 is 15.2 Å². The van der Waals surface area contributed by atoms with Crippen molar-refractivity contribution in [2.24, 2.45) is 0 Å². The van der Waals surface area contributed by atoms with Crippen LogP contribution < -0.4 is 10.2 Å². The van der Waals surface area contributed by atoms with Crippen LogP contribution in [0.3, 0.4) is 0 Å². The number of benzene rings is 2. The first kappa shape index (κ1) is 17.0. The fraction of sp³-hybridized carbons (Fsp3) is 0.286. The van der Waals surface area contributed by atoms with E-state index in [4.69, 9.17) is 11.6 Å². The van der Waals surface area contributed by atoms with E-state index in [1.54, 1.807) is 0 Å². The highest BCUT2D eigenvalue weighted by molar-refractivity contribution is 6.31. The zero-order valence-corrected chi connectivity index (χ0v) is 15.6. The Hall–Kier alpha value is -2.46. The number of amides is 1. The number of halogens is 1. The smallest absolute Gasteiger partial charge is 0.228 e. The Morgan fingerprint density at radius 2 is 1.88 bits per heavy atom. The van der Waals surface area contributed by atoms with Gasteiger partial charge in [0.15, 0.2) is 0 Å². The molecule has 1 aliphatic rings. The maximum Gasteiger partial charge on any atom is 0.228 e. The van der Waals surface area contributed by atoms with E-state index < -0.39 is 0 Å². The molecule has 0 unspecified atom stereocenters. The number of carbonyl (C=O) groups excluding carboxylic acids is 1. The highest BCUT2D eigenvalue weighted by atomic mass is 35.5. The van der Waals surface area contributed by atoms with Crippen molar-refractivity contribution in [3.63, 3.8) is 0 Å². The minimum atomic E-state index is -0.0251. The second-order valence-corrected chi connectivity index (χ2v) is 7.32. The Bertz CT molecular complexity index is 940. The van der Waals surface area contributed by atoms with Crippen molar-refractivity contribution in [2.45, 2.75) is 26.2 Å². The van der Waals surface area contributed by atoms with E-state index in [1.165, 1.54) is 18.5 Å². The topological polar surface area (TPSA) is 48.1 Å². The molecule has 0 spiro atoms. The molecule has 4 rings (SSSR count). The lowest BCUT2D eigenvalue weighted by Crippen LogP contribution is -2.18. The average molecular weight is 368 g/mol. The number of carbonyl (C=O) groups is 1. The molecule has 0 saturated carbocycles. The van der Waals surface area contributed by atoms with Gasteiger partial charge in [-0.3, -0.25) is 4.79 Å². The van der Waals surface area contributed by atoms with Crippen LogP contribution in [0.4, 0.5) is 11.4 Å². The van der Waals surface area contributed by atoms with Crippen molar-refractivity contribution >= 4 is 39.8 Å². The summed E-state index contributed by atoms with van der Waals surface area (Å²) in [6, 6.07) is 13.8. The average Bonchev–Trinajstić information content (AvgIpc) is 3.25. The Labute approximate surface area is 158 Å². The van der Waals surface area contributed by atoms with E-state index in [9.17, 15) is 4.79 Å². The number of hydrogen-bond acceptors (Lipinski definition) is 2. The van der Waals surface area contributed by atoms with Crippen LogP contribution in [-0.4, -0.2) is 24.0 Å². The van der Waals surface area contributed by atoms with Gasteiger partial charge in [0.05, 0.1) is 6.42 Å². The van der Waals surface area contributed by atoms with Crippen LogP contribution in [-0.2, 0) is 11.2 Å². The molecule has 0 atom stereocenters. The summed E-state index contributed by atoms with van der Waals surface area (Å²) in [4.78, 5) is 18.2. The predicted molar refractivity (Wildman–Crippen MR) is 108 cm³/mol. The van der Waals surface area contributed by atoms with E-state index in [0.29, 0.717) is 11.4 Å². The number of aromatic nitrogens is 1. The normalized spacial score (nSPS) is 14.2. The molecule has 0 bridgehead atoms. The summed E-state index contributed by atoms with van der Waals surface area (Å²) in [5.74, 6) is -0.0251. The van der Waals surface area contributed by atoms with E-state index in [0.717, 1.165) is 40.9 Å².